The fourth-order valence-corrected chi connectivity index (χ4v) is 7.08. The highest BCUT2D eigenvalue weighted by Crippen LogP contribution is 2.67. The summed E-state index contributed by atoms with van der Waals surface area (Å²) < 4.78 is 0. The van der Waals surface area contributed by atoms with Crippen molar-refractivity contribution < 1.29 is 14.7 Å². The lowest BCUT2D eigenvalue weighted by molar-refractivity contribution is -0.166. The van der Waals surface area contributed by atoms with E-state index in [2.05, 4.69) is 13.8 Å². The molecule has 4 aliphatic carbocycles. The van der Waals surface area contributed by atoms with Crippen molar-refractivity contribution in [2.45, 2.75) is 77.7 Å². The molecule has 7 atom stereocenters. The van der Waals surface area contributed by atoms with Gasteiger partial charge in [0.2, 0.25) is 0 Å². The maximum Gasteiger partial charge on any atom is 0.137 e. The quantitative estimate of drug-likeness (QED) is 0.743. The molecule has 4 saturated carbocycles. The van der Waals surface area contributed by atoms with Gasteiger partial charge in [0.05, 0.1) is 5.60 Å². The van der Waals surface area contributed by atoms with Crippen molar-refractivity contribution in [2.24, 2.45) is 34.5 Å². The molecule has 23 heavy (non-hydrogen) atoms. The van der Waals surface area contributed by atoms with Crippen LogP contribution in [0, 0.1) is 34.5 Å². The number of hydrogen-bond donors (Lipinski definition) is 1. The molecule has 4 aliphatic rings. The lowest BCUT2D eigenvalue weighted by atomic mass is 9.44. The van der Waals surface area contributed by atoms with Crippen LogP contribution in [0.15, 0.2) is 0 Å². The van der Waals surface area contributed by atoms with Gasteiger partial charge in [0.15, 0.2) is 0 Å². The third-order valence-corrected chi connectivity index (χ3v) is 8.84. The molecule has 4 fully saturated rings. The molecule has 0 saturated heterocycles. The van der Waals surface area contributed by atoms with Crippen LogP contribution in [0.1, 0.15) is 72.1 Å². The molecule has 0 radical (unpaired) electrons. The number of aliphatic hydroxyl groups is 1. The van der Waals surface area contributed by atoms with Gasteiger partial charge in [0, 0.05) is 25.2 Å². The summed E-state index contributed by atoms with van der Waals surface area (Å²) in [5.41, 5.74) is -0.613. The first-order valence-corrected chi connectivity index (χ1v) is 9.46. The van der Waals surface area contributed by atoms with E-state index >= 15 is 0 Å². The minimum Gasteiger partial charge on any atom is -0.390 e. The normalized spacial score (nSPS) is 56.0. The highest BCUT2D eigenvalue weighted by molar-refractivity contribution is 5.90. The van der Waals surface area contributed by atoms with E-state index in [0.29, 0.717) is 42.8 Å². The average Bonchev–Trinajstić information content (AvgIpc) is 2.72. The average molecular weight is 318 g/mol. The minimum absolute atomic E-state index is 0.0175. The largest absolute Gasteiger partial charge is 0.390 e. The SMILES string of the molecule is C[C@]12CCC(=O)C[C@@H]1C(=O)C[C@H]1[C@H]3CC[C@](C)(O)[C@@]3(C)CC[C@@H]12. The molecule has 0 heterocycles. The second-order valence-electron chi connectivity index (χ2n) is 9.62. The summed E-state index contributed by atoms with van der Waals surface area (Å²) in [5.74, 6) is 2.03. The Morgan fingerprint density at radius 1 is 0.957 bits per heavy atom. The maximum atomic E-state index is 12.9. The van der Waals surface area contributed by atoms with E-state index < -0.39 is 5.60 Å². The summed E-state index contributed by atoms with van der Waals surface area (Å²) in [7, 11) is 0. The number of rotatable bonds is 0. The number of Topliss-reactive ketones (excluding diaryl/α,β-unsaturated/α-hetero) is 2. The first kappa shape index (κ1) is 15.8. The van der Waals surface area contributed by atoms with Gasteiger partial charge in [-0.1, -0.05) is 13.8 Å². The van der Waals surface area contributed by atoms with Crippen molar-refractivity contribution in [3.63, 3.8) is 0 Å². The van der Waals surface area contributed by atoms with Gasteiger partial charge in [-0.2, -0.15) is 0 Å². The smallest absolute Gasteiger partial charge is 0.137 e. The lowest BCUT2D eigenvalue weighted by Gasteiger charge is -2.60. The molecule has 0 aromatic heterocycles. The molecular weight excluding hydrogens is 288 g/mol. The molecule has 128 valence electrons. The van der Waals surface area contributed by atoms with Crippen LogP contribution in [-0.4, -0.2) is 22.3 Å². The molecule has 0 aromatic carbocycles. The van der Waals surface area contributed by atoms with Crippen LogP contribution >= 0.6 is 0 Å². The zero-order valence-electron chi connectivity index (χ0n) is 14.7. The Kier molecular flexibility index (Phi) is 3.22. The fourth-order valence-electron chi connectivity index (χ4n) is 7.08. The lowest BCUT2D eigenvalue weighted by Crippen LogP contribution is -2.58. The molecule has 1 N–H and O–H groups in total. The summed E-state index contributed by atoms with van der Waals surface area (Å²) in [6.07, 6.45) is 6.78. The molecule has 4 rings (SSSR count). The first-order chi connectivity index (χ1) is 10.7. The van der Waals surface area contributed by atoms with Gasteiger partial charge in [0.1, 0.15) is 11.6 Å². The van der Waals surface area contributed by atoms with Gasteiger partial charge in [-0.3, -0.25) is 9.59 Å². The molecule has 0 aliphatic heterocycles. The summed E-state index contributed by atoms with van der Waals surface area (Å²) in [6, 6.07) is 0. The Balaban J connectivity index is 1.70. The highest BCUT2D eigenvalue weighted by atomic mass is 16.3. The molecule has 0 aromatic rings. The summed E-state index contributed by atoms with van der Waals surface area (Å²) >= 11 is 0. The van der Waals surface area contributed by atoms with E-state index in [1.165, 1.54) is 0 Å². The molecular formula is C20H30O3. The zero-order valence-corrected chi connectivity index (χ0v) is 14.7. The van der Waals surface area contributed by atoms with Gasteiger partial charge in [-0.25, -0.2) is 0 Å². The number of carbonyl (C=O) groups is 2. The van der Waals surface area contributed by atoms with Gasteiger partial charge < -0.3 is 5.11 Å². The summed E-state index contributed by atoms with van der Waals surface area (Å²) in [6.45, 7) is 6.54. The summed E-state index contributed by atoms with van der Waals surface area (Å²) in [5, 5.41) is 10.9. The van der Waals surface area contributed by atoms with Gasteiger partial charge in [-0.05, 0) is 67.6 Å². The second-order valence-corrected chi connectivity index (χ2v) is 9.62. The van der Waals surface area contributed by atoms with Gasteiger partial charge in [-0.15, -0.1) is 0 Å². The topological polar surface area (TPSA) is 54.4 Å². The third-order valence-electron chi connectivity index (χ3n) is 8.84. The highest BCUT2D eigenvalue weighted by Gasteiger charge is 2.64. The number of ketones is 2. The monoisotopic (exact) mass is 318 g/mol. The van der Waals surface area contributed by atoms with Crippen molar-refractivity contribution >= 4 is 11.6 Å². The molecule has 0 bridgehead atoms. The van der Waals surface area contributed by atoms with E-state index in [1.54, 1.807) is 0 Å². The zero-order chi connectivity index (χ0) is 16.6. The molecule has 0 spiro atoms. The molecule has 0 unspecified atom stereocenters. The number of hydrogen-bond acceptors (Lipinski definition) is 3. The van der Waals surface area contributed by atoms with Gasteiger partial charge in [0.25, 0.3) is 0 Å². The standard InChI is InChI=1S/C20H30O3/c1-18-7-4-12(21)10-16(18)17(22)11-13-14(18)5-8-19(2)15(13)6-9-20(19,3)23/h13-16,23H,4-11H2,1-3H3/t13-,14+,15-,16-,18-,19+,20+/m1/s1. The summed E-state index contributed by atoms with van der Waals surface area (Å²) in [4.78, 5) is 24.8. The van der Waals surface area contributed by atoms with Crippen LogP contribution in [0.2, 0.25) is 0 Å². The van der Waals surface area contributed by atoms with E-state index in [4.69, 9.17) is 0 Å². The molecule has 3 heteroatoms. The predicted octanol–water partition coefficient (Wildman–Crippen LogP) is 3.53. The van der Waals surface area contributed by atoms with Crippen molar-refractivity contribution in [1.82, 2.24) is 0 Å². The Labute approximate surface area is 139 Å². The van der Waals surface area contributed by atoms with E-state index in [1.807, 2.05) is 6.92 Å². The van der Waals surface area contributed by atoms with Crippen molar-refractivity contribution in [2.75, 3.05) is 0 Å². The van der Waals surface area contributed by atoms with Crippen molar-refractivity contribution in [3.05, 3.63) is 0 Å². The Morgan fingerprint density at radius 3 is 2.39 bits per heavy atom. The third kappa shape index (κ3) is 1.92. The number of fused-ring (bicyclic) bond motifs is 5. The van der Waals surface area contributed by atoms with E-state index in [-0.39, 0.29) is 22.5 Å². The van der Waals surface area contributed by atoms with E-state index in [9.17, 15) is 14.7 Å². The molecule has 3 nitrogen and oxygen atoms in total. The van der Waals surface area contributed by atoms with Crippen LogP contribution in [0.5, 0.6) is 0 Å². The fraction of sp³-hybridized carbons (Fsp3) is 0.900. The minimum atomic E-state index is -0.591. The maximum absolute atomic E-state index is 12.9. The van der Waals surface area contributed by atoms with Crippen LogP contribution < -0.4 is 0 Å². The van der Waals surface area contributed by atoms with Crippen molar-refractivity contribution in [1.29, 1.82) is 0 Å². The Bertz CT molecular complexity index is 565. The first-order valence-electron chi connectivity index (χ1n) is 9.46. The Morgan fingerprint density at radius 2 is 1.65 bits per heavy atom. The van der Waals surface area contributed by atoms with E-state index in [0.717, 1.165) is 32.1 Å². The molecule has 0 amide bonds. The number of carbonyl (C=O) groups excluding carboxylic acids is 2. The van der Waals surface area contributed by atoms with Crippen LogP contribution in [0.25, 0.3) is 0 Å². The second kappa shape index (κ2) is 4.68. The van der Waals surface area contributed by atoms with Gasteiger partial charge >= 0.3 is 0 Å². The van der Waals surface area contributed by atoms with Crippen LogP contribution in [0.4, 0.5) is 0 Å². The Hall–Kier alpha value is -0.700. The van der Waals surface area contributed by atoms with Crippen LogP contribution in [-0.2, 0) is 9.59 Å². The van der Waals surface area contributed by atoms with Crippen molar-refractivity contribution in [3.8, 4) is 0 Å². The van der Waals surface area contributed by atoms with Crippen LogP contribution in [0.3, 0.4) is 0 Å². The predicted molar refractivity (Wildman–Crippen MR) is 87.7 cm³/mol.